The number of aromatic nitrogens is 1. The summed E-state index contributed by atoms with van der Waals surface area (Å²) in [4.78, 5) is 3.99. The number of hydrogen-bond donors (Lipinski definition) is 1. The SMILES string of the molecule is CC(O)C(C)SCc1cccnc1Cl. The summed E-state index contributed by atoms with van der Waals surface area (Å²) in [7, 11) is 0. The van der Waals surface area contributed by atoms with Crippen LogP contribution in [0.15, 0.2) is 18.3 Å². The molecule has 1 heterocycles. The Kier molecular flexibility index (Phi) is 4.72. The fourth-order valence-corrected chi connectivity index (χ4v) is 2.11. The molecule has 2 atom stereocenters. The van der Waals surface area contributed by atoms with Crippen molar-refractivity contribution in [3.05, 3.63) is 29.0 Å². The van der Waals surface area contributed by atoms with Crippen molar-refractivity contribution in [3.8, 4) is 0 Å². The summed E-state index contributed by atoms with van der Waals surface area (Å²) < 4.78 is 0. The second-order valence-electron chi connectivity index (χ2n) is 3.21. The van der Waals surface area contributed by atoms with E-state index in [2.05, 4.69) is 4.98 Å². The molecule has 0 aliphatic carbocycles. The number of aliphatic hydroxyl groups excluding tert-OH is 1. The number of halogens is 1. The van der Waals surface area contributed by atoms with Crippen LogP contribution in [0, 0.1) is 0 Å². The highest BCUT2D eigenvalue weighted by atomic mass is 35.5. The molecule has 0 saturated carbocycles. The number of nitrogens with zero attached hydrogens (tertiary/aromatic N) is 1. The van der Waals surface area contributed by atoms with E-state index in [9.17, 15) is 5.11 Å². The van der Waals surface area contributed by atoms with Crippen LogP contribution in [0.3, 0.4) is 0 Å². The zero-order chi connectivity index (χ0) is 10.6. The van der Waals surface area contributed by atoms with E-state index in [1.807, 2.05) is 19.1 Å². The van der Waals surface area contributed by atoms with Crippen LogP contribution in [0.2, 0.25) is 5.15 Å². The van der Waals surface area contributed by atoms with Crippen molar-refractivity contribution in [2.75, 3.05) is 0 Å². The van der Waals surface area contributed by atoms with Gasteiger partial charge in [0.25, 0.3) is 0 Å². The summed E-state index contributed by atoms with van der Waals surface area (Å²) in [6.45, 7) is 3.79. The number of pyridine rings is 1. The standard InChI is InChI=1S/C10H14ClNOS/c1-7(13)8(2)14-6-9-4-3-5-12-10(9)11/h3-5,7-8,13H,6H2,1-2H3. The molecule has 1 aromatic rings. The summed E-state index contributed by atoms with van der Waals surface area (Å²) in [5, 5.41) is 10.1. The van der Waals surface area contributed by atoms with E-state index < -0.39 is 0 Å². The van der Waals surface area contributed by atoms with Crippen molar-refractivity contribution < 1.29 is 5.11 Å². The van der Waals surface area contributed by atoms with Crippen molar-refractivity contribution in [2.24, 2.45) is 0 Å². The van der Waals surface area contributed by atoms with Gasteiger partial charge in [0.1, 0.15) is 5.15 Å². The summed E-state index contributed by atoms with van der Waals surface area (Å²) >= 11 is 7.58. The minimum absolute atomic E-state index is 0.214. The maximum Gasteiger partial charge on any atom is 0.133 e. The second-order valence-corrected chi connectivity index (χ2v) is 4.93. The van der Waals surface area contributed by atoms with Gasteiger partial charge in [-0.1, -0.05) is 24.6 Å². The molecule has 0 fully saturated rings. The van der Waals surface area contributed by atoms with Crippen molar-refractivity contribution in [2.45, 2.75) is 31.0 Å². The first-order valence-corrected chi connectivity index (χ1v) is 5.93. The average Bonchev–Trinajstić information content (AvgIpc) is 2.16. The lowest BCUT2D eigenvalue weighted by Crippen LogP contribution is -2.15. The molecule has 1 rings (SSSR count). The highest BCUT2D eigenvalue weighted by molar-refractivity contribution is 7.99. The second kappa shape index (κ2) is 5.59. The lowest BCUT2D eigenvalue weighted by atomic mass is 10.3. The number of thioether (sulfide) groups is 1. The van der Waals surface area contributed by atoms with Gasteiger partial charge in [-0.25, -0.2) is 4.98 Å². The van der Waals surface area contributed by atoms with Gasteiger partial charge in [0.2, 0.25) is 0 Å². The predicted molar refractivity (Wildman–Crippen MR) is 61.7 cm³/mol. The Morgan fingerprint density at radius 2 is 2.29 bits per heavy atom. The van der Waals surface area contributed by atoms with Gasteiger partial charge < -0.3 is 5.11 Å². The van der Waals surface area contributed by atoms with Crippen LogP contribution in [0.5, 0.6) is 0 Å². The van der Waals surface area contributed by atoms with Gasteiger partial charge in [-0.3, -0.25) is 0 Å². The van der Waals surface area contributed by atoms with E-state index in [0.717, 1.165) is 11.3 Å². The molecule has 0 spiro atoms. The van der Waals surface area contributed by atoms with E-state index in [4.69, 9.17) is 11.6 Å². The molecule has 78 valence electrons. The Labute approximate surface area is 93.7 Å². The van der Waals surface area contributed by atoms with Gasteiger partial charge in [-0.2, -0.15) is 11.8 Å². The third-order valence-electron chi connectivity index (χ3n) is 2.02. The molecule has 0 radical (unpaired) electrons. The molecule has 0 aliphatic rings. The number of rotatable bonds is 4. The molecule has 1 N–H and O–H groups in total. The normalized spacial score (nSPS) is 15.1. The van der Waals surface area contributed by atoms with Crippen LogP contribution in [-0.4, -0.2) is 21.4 Å². The van der Waals surface area contributed by atoms with Crippen LogP contribution in [0.1, 0.15) is 19.4 Å². The van der Waals surface area contributed by atoms with E-state index in [1.54, 1.807) is 24.9 Å². The molecule has 4 heteroatoms. The Morgan fingerprint density at radius 3 is 2.86 bits per heavy atom. The third kappa shape index (κ3) is 3.48. The predicted octanol–water partition coefficient (Wildman–Crippen LogP) is 2.74. The maximum absolute atomic E-state index is 9.30. The van der Waals surface area contributed by atoms with E-state index in [0.29, 0.717) is 5.15 Å². The largest absolute Gasteiger partial charge is 0.392 e. The van der Waals surface area contributed by atoms with Gasteiger partial charge in [-0.15, -0.1) is 0 Å². The monoisotopic (exact) mass is 231 g/mol. The van der Waals surface area contributed by atoms with Gasteiger partial charge >= 0.3 is 0 Å². The molecule has 0 aromatic carbocycles. The van der Waals surface area contributed by atoms with Gasteiger partial charge in [0.05, 0.1) is 6.10 Å². The molecular formula is C10H14ClNOS. The van der Waals surface area contributed by atoms with Crippen LogP contribution < -0.4 is 0 Å². The van der Waals surface area contributed by atoms with Crippen LogP contribution in [-0.2, 0) is 5.75 Å². The highest BCUT2D eigenvalue weighted by Crippen LogP contribution is 2.23. The first kappa shape index (κ1) is 11.8. The molecular weight excluding hydrogens is 218 g/mol. The number of hydrogen-bond acceptors (Lipinski definition) is 3. The molecule has 1 aromatic heterocycles. The molecule has 0 amide bonds. The molecule has 0 bridgehead atoms. The van der Waals surface area contributed by atoms with Crippen molar-refractivity contribution >= 4 is 23.4 Å². The summed E-state index contributed by atoms with van der Waals surface area (Å²) in [6, 6.07) is 3.83. The van der Waals surface area contributed by atoms with E-state index in [-0.39, 0.29) is 11.4 Å². The third-order valence-corrected chi connectivity index (χ3v) is 3.76. The zero-order valence-corrected chi connectivity index (χ0v) is 9.85. The maximum atomic E-state index is 9.30. The lowest BCUT2D eigenvalue weighted by Gasteiger charge is -2.13. The molecule has 14 heavy (non-hydrogen) atoms. The Bertz CT molecular complexity index is 293. The Hall–Kier alpha value is -0.250. The average molecular weight is 232 g/mol. The van der Waals surface area contributed by atoms with E-state index in [1.165, 1.54) is 0 Å². The van der Waals surface area contributed by atoms with Crippen LogP contribution in [0.4, 0.5) is 0 Å². The lowest BCUT2D eigenvalue weighted by molar-refractivity contribution is 0.196. The van der Waals surface area contributed by atoms with Crippen LogP contribution in [0.25, 0.3) is 0 Å². The number of aliphatic hydroxyl groups is 1. The molecule has 2 unspecified atom stereocenters. The smallest absolute Gasteiger partial charge is 0.133 e. The topological polar surface area (TPSA) is 33.1 Å². The van der Waals surface area contributed by atoms with E-state index >= 15 is 0 Å². The van der Waals surface area contributed by atoms with Gasteiger partial charge in [0, 0.05) is 17.2 Å². The van der Waals surface area contributed by atoms with Crippen LogP contribution >= 0.6 is 23.4 Å². The summed E-state index contributed by atoms with van der Waals surface area (Å²) in [6.07, 6.45) is 1.38. The molecule has 2 nitrogen and oxygen atoms in total. The van der Waals surface area contributed by atoms with Crippen molar-refractivity contribution in [1.29, 1.82) is 0 Å². The minimum Gasteiger partial charge on any atom is -0.392 e. The van der Waals surface area contributed by atoms with Crippen molar-refractivity contribution in [3.63, 3.8) is 0 Å². The fraction of sp³-hybridized carbons (Fsp3) is 0.500. The van der Waals surface area contributed by atoms with Crippen molar-refractivity contribution in [1.82, 2.24) is 4.98 Å². The zero-order valence-electron chi connectivity index (χ0n) is 8.27. The highest BCUT2D eigenvalue weighted by Gasteiger charge is 2.10. The molecule has 0 saturated heterocycles. The summed E-state index contributed by atoms with van der Waals surface area (Å²) in [5.74, 6) is 0.790. The Balaban J connectivity index is 2.50. The van der Waals surface area contributed by atoms with Gasteiger partial charge in [0.15, 0.2) is 0 Å². The fourth-order valence-electron chi connectivity index (χ4n) is 0.887. The molecule has 0 aliphatic heterocycles. The summed E-state index contributed by atoms with van der Waals surface area (Å²) in [5.41, 5.74) is 1.02. The van der Waals surface area contributed by atoms with Gasteiger partial charge in [-0.05, 0) is 18.6 Å². The first-order chi connectivity index (χ1) is 6.61. The quantitative estimate of drug-likeness (QED) is 0.809. The minimum atomic E-state index is -0.296. The Morgan fingerprint density at radius 1 is 1.57 bits per heavy atom. The first-order valence-electron chi connectivity index (χ1n) is 4.50.